The van der Waals surface area contributed by atoms with Crippen LogP contribution in [0.25, 0.3) is 0 Å². The first-order valence-electron chi connectivity index (χ1n) is 4.71. The molecule has 0 aliphatic heterocycles. The zero-order valence-corrected chi connectivity index (χ0v) is 8.97. The lowest BCUT2D eigenvalue weighted by Crippen LogP contribution is -2.15. The van der Waals surface area contributed by atoms with Crippen LogP contribution in [0.1, 0.15) is 11.5 Å². The van der Waals surface area contributed by atoms with Gasteiger partial charge in [0.25, 0.3) is 0 Å². The summed E-state index contributed by atoms with van der Waals surface area (Å²) in [5.74, 6) is 0.567. The number of rotatable bonds is 3. The predicted molar refractivity (Wildman–Crippen MR) is 54.6 cm³/mol. The predicted octanol–water partition coefficient (Wildman–Crippen LogP) is 0.293. The molecule has 84 valence electrons. The lowest BCUT2D eigenvalue weighted by molar-refractivity contribution is -0.115. The molecule has 2 rings (SSSR count). The summed E-state index contributed by atoms with van der Waals surface area (Å²) >= 11 is 0. The second-order valence-electron chi connectivity index (χ2n) is 3.40. The average Bonchev–Trinajstić information content (AvgIpc) is 2.76. The van der Waals surface area contributed by atoms with E-state index in [1.54, 1.807) is 20.0 Å². The van der Waals surface area contributed by atoms with E-state index in [4.69, 9.17) is 4.52 Å². The molecular weight excluding hydrogens is 210 g/mol. The number of nitrogens with zero attached hydrogens (tertiary/aromatic N) is 4. The van der Waals surface area contributed by atoms with Gasteiger partial charge in [0, 0.05) is 13.1 Å². The Kier molecular flexibility index (Phi) is 2.67. The molecule has 7 heteroatoms. The van der Waals surface area contributed by atoms with Gasteiger partial charge in [-0.15, -0.1) is 5.10 Å². The maximum Gasteiger partial charge on any atom is 0.248 e. The van der Waals surface area contributed by atoms with E-state index in [0.29, 0.717) is 5.76 Å². The number of aromatic nitrogens is 4. The van der Waals surface area contributed by atoms with Crippen molar-refractivity contribution in [1.82, 2.24) is 19.9 Å². The van der Waals surface area contributed by atoms with E-state index in [0.717, 1.165) is 5.69 Å². The summed E-state index contributed by atoms with van der Waals surface area (Å²) in [6, 6.07) is 1.71. The summed E-state index contributed by atoms with van der Waals surface area (Å²) in [5, 5.41) is 10.2. The van der Waals surface area contributed by atoms with Crippen molar-refractivity contribution in [3.05, 3.63) is 23.8 Å². The Bertz CT molecular complexity index is 457. The minimum atomic E-state index is -0.234. The van der Waals surface area contributed by atoms with Gasteiger partial charge >= 0.3 is 0 Å². The van der Waals surface area contributed by atoms with Crippen molar-refractivity contribution in [1.29, 1.82) is 0 Å². The minimum absolute atomic E-state index is 0.124. The van der Waals surface area contributed by atoms with Crippen molar-refractivity contribution in [2.24, 2.45) is 7.05 Å². The fourth-order valence-electron chi connectivity index (χ4n) is 1.22. The summed E-state index contributed by atoms with van der Waals surface area (Å²) in [6.45, 7) is 1.80. The van der Waals surface area contributed by atoms with E-state index in [-0.39, 0.29) is 18.3 Å². The molecule has 16 heavy (non-hydrogen) atoms. The molecule has 0 aliphatic rings. The van der Waals surface area contributed by atoms with E-state index in [1.165, 1.54) is 11.0 Å². The molecule has 0 aromatic carbocycles. The summed E-state index contributed by atoms with van der Waals surface area (Å²) in [5.41, 5.74) is 0.749. The smallest absolute Gasteiger partial charge is 0.248 e. The standard InChI is InChI=1S/C9H11N5O2/c1-6-3-7(16-13-6)4-8(15)11-9-10-5-14(2)12-9/h3,5H,4H2,1-2H3,(H,11,12,15). The zero-order chi connectivity index (χ0) is 11.5. The Hall–Kier alpha value is -2.18. The third-order valence-corrected chi connectivity index (χ3v) is 1.86. The molecule has 0 atom stereocenters. The number of nitrogens with one attached hydrogen (secondary N) is 1. The van der Waals surface area contributed by atoms with E-state index in [1.807, 2.05) is 0 Å². The molecule has 0 bridgehead atoms. The summed E-state index contributed by atoms with van der Waals surface area (Å²) in [7, 11) is 1.72. The highest BCUT2D eigenvalue weighted by Crippen LogP contribution is 2.04. The maximum atomic E-state index is 11.5. The molecule has 2 aromatic heterocycles. The van der Waals surface area contributed by atoms with Gasteiger partial charge in [0.2, 0.25) is 11.9 Å². The Morgan fingerprint density at radius 2 is 2.44 bits per heavy atom. The molecular formula is C9H11N5O2. The molecule has 1 amide bonds. The molecule has 0 saturated heterocycles. The molecule has 2 heterocycles. The Morgan fingerprint density at radius 1 is 1.62 bits per heavy atom. The second-order valence-corrected chi connectivity index (χ2v) is 3.40. The Balaban J connectivity index is 1.94. The molecule has 0 saturated carbocycles. The van der Waals surface area contributed by atoms with Gasteiger partial charge in [-0.1, -0.05) is 5.16 Å². The SMILES string of the molecule is Cc1cc(CC(=O)Nc2ncn(C)n2)on1. The van der Waals surface area contributed by atoms with Gasteiger partial charge in [-0.05, 0) is 6.92 Å². The first kappa shape index (κ1) is 10.3. The van der Waals surface area contributed by atoms with Crippen molar-refractivity contribution in [3.63, 3.8) is 0 Å². The highest BCUT2D eigenvalue weighted by atomic mass is 16.5. The van der Waals surface area contributed by atoms with Crippen LogP contribution < -0.4 is 5.32 Å². The van der Waals surface area contributed by atoms with Crippen LogP contribution in [-0.4, -0.2) is 25.8 Å². The van der Waals surface area contributed by atoms with Crippen LogP contribution in [-0.2, 0) is 18.3 Å². The number of hydrogen-bond acceptors (Lipinski definition) is 5. The van der Waals surface area contributed by atoms with Crippen molar-refractivity contribution in [3.8, 4) is 0 Å². The van der Waals surface area contributed by atoms with Crippen molar-refractivity contribution < 1.29 is 9.32 Å². The summed E-state index contributed by atoms with van der Waals surface area (Å²) in [4.78, 5) is 15.4. The van der Waals surface area contributed by atoms with Gasteiger partial charge in [-0.25, -0.2) is 4.98 Å². The van der Waals surface area contributed by atoms with E-state index in [9.17, 15) is 4.79 Å². The van der Waals surface area contributed by atoms with Crippen molar-refractivity contribution in [2.75, 3.05) is 5.32 Å². The number of amides is 1. The first-order valence-corrected chi connectivity index (χ1v) is 4.71. The van der Waals surface area contributed by atoms with Gasteiger partial charge < -0.3 is 4.52 Å². The fourth-order valence-corrected chi connectivity index (χ4v) is 1.22. The molecule has 0 radical (unpaired) electrons. The number of hydrogen-bond donors (Lipinski definition) is 1. The molecule has 0 spiro atoms. The Labute approximate surface area is 91.5 Å². The highest BCUT2D eigenvalue weighted by molar-refractivity contribution is 5.90. The normalized spacial score (nSPS) is 10.4. The topological polar surface area (TPSA) is 85.8 Å². The minimum Gasteiger partial charge on any atom is -0.361 e. The molecule has 1 N–H and O–H groups in total. The molecule has 7 nitrogen and oxygen atoms in total. The van der Waals surface area contributed by atoms with Crippen LogP contribution in [0.15, 0.2) is 16.9 Å². The number of carbonyl (C=O) groups is 1. The molecule has 2 aromatic rings. The largest absolute Gasteiger partial charge is 0.361 e. The van der Waals surface area contributed by atoms with Crippen LogP contribution in [0.3, 0.4) is 0 Å². The second kappa shape index (κ2) is 4.13. The average molecular weight is 221 g/mol. The zero-order valence-electron chi connectivity index (χ0n) is 8.97. The lowest BCUT2D eigenvalue weighted by atomic mass is 10.3. The van der Waals surface area contributed by atoms with Gasteiger partial charge in [0.05, 0.1) is 12.1 Å². The monoisotopic (exact) mass is 221 g/mol. The third kappa shape index (κ3) is 2.44. The van der Waals surface area contributed by atoms with Crippen LogP contribution >= 0.6 is 0 Å². The van der Waals surface area contributed by atoms with Crippen LogP contribution in [0.4, 0.5) is 5.95 Å². The van der Waals surface area contributed by atoms with Crippen LogP contribution in [0.5, 0.6) is 0 Å². The van der Waals surface area contributed by atoms with Crippen LogP contribution in [0, 0.1) is 6.92 Å². The number of aryl methyl sites for hydroxylation is 2. The Morgan fingerprint density at radius 3 is 3.00 bits per heavy atom. The van der Waals surface area contributed by atoms with E-state index in [2.05, 4.69) is 20.6 Å². The number of anilines is 1. The van der Waals surface area contributed by atoms with Crippen molar-refractivity contribution >= 4 is 11.9 Å². The van der Waals surface area contributed by atoms with E-state index >= 15 is 0 Å². The van der Waals surface area contributed by atoms with Gasteiger partial charge in [-0.2, -0.15) is 0 Å². The van der Waals surface area contributed by atoms with Gasteiger partial charge in [0.15, 0.2) is 0 Å². The molecule has 0 fully saturated rings. The maximum absolute atomic E-state index is 11.5. The third-order valence-electron chi connectivity index (χ3n) is 1.86. The van der Waals surface area contributed by atoms with Gasteiger partial charge in [-0.3, -0.25) is 14.8 Å². The van der Waals surface area contributed by atoms with Crippen LogP contribution in [0.2, 0.25) is 0 Å². The summed E-state index contributed by atoms with van der Waals surface area (Å²) in [6.07, 6.45) is 1.63. The van der Waals surface area contributed by atoms with Crippen molar-refractivity contribution in [2.45, 2.75) is 13.3 Å². The lowest BCUT2D eigenvalue weighted by Gasteiger charge is -1.96. The van der Waals surface area contributed by atoms with E-state index < -0.39 is 0 Å². The molecule has 0 unspecified atom stereocenters. The van der Waals surface area contributed by atoms with Gasteiger partial charge in [0.1, 0.15) is 12.1 Å². The quantitative estimate of drug-likeness (QED) is 0.805. The first-order chi connectivity index (χ1) is 7.63. The number of carbonyl (C=O) groups excluding carboxylic acids is 1. The summed E-state index contributed by atoms with van der Waals surface area (Å²) < 4.78 is 6.43. The highest BCUT2D eigenvalue weighted by Gasteiger charge is 2.10. The molecule has 0 aliphatic carbocycles. The fraction of sp³-hybridized carbons (Fsp3) is 0.333.